The Labute approximate surface area is 226 Å². The molecule has 0 aliphatic rings. The maximum Gasteiger partial charge on any atom is 1.00 e. The van der Waals surface area contributed by atoms with E-state index in [4.69, 9.17) is 0 Å². The van der Waals surface area contributed by atoms with Crippen molar-refractivity contribution >= 4 is 26.4 Å². The molecule has 0 fully saturated rings. The van der Waals surface area contributed by atoms with Gasteiger partial charge in [-0.1, -0.05) is 24.3 Å². The molecule has 0 heterocycles. The fourth-order valence-electron chi connectivity index (χ4n) is 1.64. The minimum atomic E-state index is -5.27. The summed E-state index contributed by atoms with van der Waals surface area (Å²) in [5.74, 6) is -0.569. The van der Waals surface area contributed by atoms with Gasteiger partial charge in [-0.25, -0.2) is 0 Å². The molecule has 14 heteroatoms. The number of hydrogen-bond donors (Lipinski definition) is 0. The van der Waals surface area contributed by atoms with E-state index in [1.165, 1.54) is 24.3 Å². The summed E-state index contributed by atoms with van der Waals surface area (Å²) in [6.07, 6.45) is 0. The predicted octanol–water partition coefficient (Wildman–Crippen LogP) is -12.7. The minimum absolute atomic E-state index is 0. The summed E-state index contributed by atoms with van der Waals surface area (Å²) in [4.78, 5) is 42.5. The van der Waals surface area contributed by atoms with Crippen LogP contribution < -0.4 is 147 Å². The Hall–Kier alpha value is 2.60. The molecule has 2 rings (SSSR count). The Morgan fingerprint density at radius 2 is 0.917 bits per heavy atom. The number of phosphoric acid groups is 2. The topological polar surface area (TPSA) is 145 Å². The van der Waals surface area contributed by atoms with Crippen LogP contribution in [0.4, 0.5) is 0 Å². The second kappa shape index (κ2) is 12.9. The van der Waals surface area contributed by atoms with Crippen molar-refractivity contribution in [1.82, 2.24) is 0 Å². The van der Waals surface area contributed by atoms with Gasteiger partial charge in [0.1, 0.15) is 27.1 Å². The molecule has 2 aromatic rings. The van der Waals surface area contributed by atoms with Gasteiger partial charge in [-0.3, -0.25) is 0 Å². The van der Waals surface area contributed by atoms with E-state index in [0.717, 1.165) is 12.1 Å². The first-order chi connectivity index (χ1) is 9.16. The maximum atomic E-state index is 10.6. The molecule has 0 aromatic heterocycles. The van der Waals surface area contributed by atoms with Crippen molar-refractivity contribution in [1.29, 1.82) is 0 Å². The third-order valence-corrected chi connectivity index (χ3v) is 3.10. The summed E-state index contributed by atoms with van der Waals surface area (Å²) in [6, 6.07) is 7.83. The summed E-state index contributed by atoms with van der Waals surface area (Å²) < 4.78 is 29.8. The molecule has 0 amide bonds. The van der Waals surface area contributed by atoms with Crippen LogP contribution in [0.15, 0.2) is 36.4 Å². The van der Waals surface area contributed by atoms with Gasteiger partial charge in [-0.05, 0) is 12.1 Å². The van der Waals surface area contributed by atoms with Gasteiger partial charge in [0.25, 0.3) is 0 Å². The van der Waals surface area contributed by atoms with Crippen molar-refractivity contribution in [2.24, 2.45) is 0 Å². The first kappa shape index (κ1) is 31.3. The van der Waals surface area contributed by atoms with Crippen LogP contribution in [0, 0.1) is 0 Å². The summed E-state index contributed by atoms with van der Waals surface area (Å²) in [5.41, 5.74) is 0. The first-order valence-corrected chi connectivity index (χ1v) is 8.03. The molecular formula is C10H6Na4O8P2. The van der Waals surface area contributed by atoms with Crippen LogP contribution >= 0.6 is 15.6 Å². The number of phosphoric ester groups is 2. The average Bonchev–Trinajstić information content (AvgIpc) is 2.29. The fraction of sp³-hybridized carbons (Fsp3) is 0. The smallest absolute Gasteiger partial charge is 0.780 e. The molecule has 0 saturated heterocycles. The van der Waals surface area contributed by atoms with Crippen LogP contribution in [0.3, 0.4) is 0 Å². The molecule has 0 radical (unpaired) electrons. The number of benzene rings is 2. The molecule has 0 N–H and O–H groups in total. The van der Waals surface area contributed by atoms with E-state index in [2.05, 4.69) is 9.05 Å². The molecule has 0 saturated carbocycles. The summed E-state index contributed by atoms with van der Waals surface area (Å²) in [6.45, 7) is 0. The normalized spacial score (nSPS) is 10.3. The third-order valence-electron chi connectivity index (χ3n) is 2.26. The fourth-order valence-corrected chi connectivity index (χ4v) is 2.44. The monoisotopic (exact) mass is 408 g/mol. The van der Waals surface area contributed by atoms with E-state index in [9.17, 15) is 28.7 Å². The number of fused-ring (bicyclic) bond motifs is 1. The molecule has 0 spiro atoms. The van der Waals surface area contributed by atoms with E-state index >= 15 is 0 Å². The molecule has 0 bridgehead atoms. The molecule has 108 valence electrons. The van der Waals surface area contributed by atoms with Crippen LogP contribution in [0.2, 0.25) is 0 Å². The van der Waals surface area contributed by atoms with Gasteiger partial charge in [-0.2, -0.15) is 0 Å². The van der Waals surface area contributed by atoms with Crippen LogP contribution in [0.1, 0.15) is 0 Å². The molecule has 24 heavy (non-hydrogen) atoms. The molecule has 0 aliphatic heterocycles. The Bertz CT molecular complexity index is 684. The number of hydrogen-bond acceptors (Lipinski definition) is 8. The number of rotatable bonds is 4. The predicted molar refractivity (Wildman–Crippen MR) is 60.4 cm³/mol. The van der Waals surface area contributed by atoms with E-state index in [1.807, 2.05) is 0 Å². The SMILES string of the molecule is O=P([O-])([O-])Oc1ccc(OP(=O)([O-])[O-])c2ccccc12.[Na+].[Na+].[Na+].[Na+]. The third kappa shape index (κ3) is 10.2. The largest absolute Gasteiger partial charge is 1.00 e. The zero-order chi connectivity index (χ0) is 15.0. The Kier molecular flexibility index (Phi) is 16.9. The molecule has 0 unspecified atom stereocenters. The van der Waals surface area contributed by atoms with Crippen molar-refractivity contribution in [3.8, 4) is 11.5 Å². The van der Waals surface area contributed by atoms with Crippen molar-refractivity contribution in [3.63, 3.8) is 0 Å². The van der Waals surface area contributed by atoms with Crippen molar-refractivity contribution in [2.75, 3.05) is 0 Å². The van der Waals surface area contributed by atoms with Crippen molar-refractivity contribution < 1.29 is 156 Å². The maximum absolute atomic E-state index is 10.6. The standard InChI is InChI=1S/C10H10O8P2.4Na/c11-19(12,13)17-9-5-6-10(18-20(14,15)16)8-4-2-1-3-7(8)9;;;;/h1-6H,(H2,11,12,13)(H2,14,15,16);;;;/q;4*+1/p-4. The van der Waals surface area contributed by atoms with Gasteiger partial charge in [0.2, 0.25) is 0 Å². The molecule has 0 atom stereocenters. The molecule has 0 aliphatic carbocycles. The Balaban J connectivity index is -0.00000110. The van der Waals surface area contributed by atoms with Crippen LogP contribution in [0.25, 0.3) is 10.8 Å². The average molecular weight is 408 g/mol. The van der Waals surface area contributed by atoms with E-state index in [1.54, 1.807) is 0 Å². The second-order valence-corrected chi connectivity index (χ2v) is 5.84. The summed E-state index contributed by atoms with van der Waals surface area (Å²) in [5, 5.41) is 0.232. The molecule has 8 nitrogen and oxygen atoms in total. The van der Waals surface area contributed by atoms with Gasteiger partial charge in [-0.15, -0.1) is 0 Å². The van der Waals surface area contributed by atoms with Crippen molar-refractivity contribution in [2.45, 2.75) is 0 Å². The van der Waals surface area contributed by atoms with Crippen LogP contribution in [0.5, 0.6) is 11.5 Å². The van der Waals surface area contributed by atoms with Gasteiger partial charge in [0.15, 0.2) is 0 Å². The first-order valence-electron chi connectivity index (χ1n) is 5.11. The minimum Gasteiger partial charge on any atom is -0.780 e. The Morgan fingerprint density at radius 3 is 1.17 bits per heavy atom. The summed E-state index contributed by atoms with van der Waals surface area (Å²) in [7, 11) is -10.5. The van der Waals surface area contributed by atoms with Gasteiger partial charge >= 0.3 is 118 Å². The second-order valence-electron chi connectivity index (χ2n) is 3.68. The van der Waals surface area contributed by atoms with E-state index in [-0.39, 0.29) is 141 Å². The van der Waals surface area contributed by atoms with Gasteiger partial charge < -0.3 is 37.8 Å². The molecular weight excluding hydrogens is 402 g/mol. The quantitative estimate of drug-likeness (QED) is 0.358. The van der Waals surface area contributed by atoms with Crippen molar-refractivity contribution in [3.05, 3.63) is 36.4 Å². The van der Waals surface area contributed by atoms with E-state index in [0.29, 0.717) is 0 Å². The Morgan fingerprint density at radius 1 is 0.625 bits per heavy atom. The summed E-state index contributed by atoms with van der Waals surface area (Å²) >= 11 is 0. The van der Waals surface area contributed by atoms with Crippen LogP contribution in [-0.2, 0) is 9.13 Å². The zero-order valence-corrected chi connectivity index (χ0v) is 23.4. The van der Waals surface area contributed by atoms with E-state index < -0.39 is 15.6 Å². The van der Waals surface area contributed by atoms with Gasteiger partial charge in [0.05, 0.1) is 0 Å². The zero-order valence-electron chi connectivity index (χ0n) is 13.6. The van der Waals surface area contributed by atoms with Gasteiger partial charge in [0, 0.05) is 10.8 Å². The van der Waals surface area contributed by atoms with Crippen LogP contribution in [-0.4, -0.2) is 0 Å². The molecule has 2 aromatic carbocycles.